The fraction of sp³-hybridized carbons (Fsp3) is 0.407. The van der Waals surface area contributed by atoms with Crippen LogP contribution in [0.2, 0.25) is 0 Å². The second-order valence-electron chi connectivity index (χ2n) is 9.78. The van der Waals surface area contributed by atoms with E-state index in [1.54, 1.807) is 20.3 Å². The van der Waals surface area contributed by atoms with Gasteiger partial charge < -0.3 is 14.2 Å². The van der Waals surface area contributed by atoms with E-state index in [4.69, 9.17) is 19.2 Å². The summed E-state index contributed by atoms with van der Waals surface area (Å²) in [4.78, 5) is 5.14. The molecule has 2 heterocycles. The van der Waals surface area contributed by atoms with E-state index in [-0.39, 0.29) is 17.1 Å². The standard InChI is InChI=1S/C27H31N3O3/c1-26(2)14-19(15-27(3,4)33-26)22-17-30(20-12-11-18(16-28)24(13-20)32-6)25(29-22)21-9-7-8-10-23(21)31-5/h7-13,17,19H,14-15H2,1-6H3. The molecule has 172 valence electrons. The molecule has 2 aromatic carbocycles. The molecule has 0 aliphatic carbocycles. The predicted molar refractivity (Wildman–Crippen MR) is 128 cm³/mol. The van der Waals surface area contributed by atoms with Crippen LogP contribution in [0.5, 0.6) is 11.5 Å². The molecule has 0 N–H and O–H groups in total. The molecule has 0 unspecified atom stereocenters. The van der Waals surface area contributed by atoms with Gasteiger partial charge in [-0.25, -0.2) is 4.98 Å². The van der Waals surface area contributed by atoms with Crippen molar-refractivity contribution in [2.45, 2.75) is 57.7 Å². The minimum Gasteiger partial charge on any atom is -0.496 e. The van der Waals surface area contributed by atoms with Gasteiger partial charge >= 0.3 is 0 Å². The van der Waals surface area contributed by atoms with Gasteiger partial charge in [0.2, 0.25) is 0 Å². The normalized spacial score (nSPS) is 17.4. The second kappa shape index (κ2) is 8.57. The van der Waals surface area contributed by atoms with Crippen LogP contribution in [0.25, 0.3) is 17.1 Å². The van der Waals surface area contributed by atoms with Gasteiger partial charge in [-0.15, -0.1) is 0 Å². The van der Waals surface area contributed by atoms with Gasteiger partial charge in [0.05, 0.1) is 47.9 Å². The van der Waals surface area contributed by atoms with Crippen molar-refractivity contribution in [2.24, 2.45) is 0 Å². The number of hydrogen-bond acceptors (Lipinski definition) is 5. The summed E-state index contributed by atoms with van der Waals surface area (Å²) in [6, 6.07) is 15.6. The van der Waals surface area contributed by atoms with Gasteiger partial charge in [-0.1, -0.05) is 12.1 Å². The van der Waals surface area contributed by atoms with E-state index in [2.05, 4.69) is 44.5 Å². The first kappa shape index (κ1) is 22.9. The fourth-order valence-electron chi connectivity index (χ4n) is 5.03. The van der Waals surface area contributed by atoms with Gasteiger partial charge in [-0.05, 0) is 64.8 Å². The summed E-state index contributed by atoms with van der Waals surface area (Å²) in [5, 5.41) is 9.41. The molecule has 6 nitrogen and oxygen atoms in total. The zero-order valence-electron chi connectivity index (χ0n) is 20.2. The zero-order chi connectivity index (χ0) is 23.8. The molecule has 0 atom stereocenters. The molecule has 1 aromatic heterocycles. The Morgan fingerprint density at radius 1 is 1.00 bits per heavy atom. The summed E-state index contributed by atoms with van der Waals surface area (Å²) in [6.45, 7) is 8.57. The number of methoxy groups -OCH3 is 2. The summed E-state index contributed by atoms with van der Waals surface area (Å²) in [6.07, 6.45) is 3.87. The van der Waals surface area contributed by atoms with Crippen LogP contribution in [0, 0.1) is 11.3 Å². The maximum Gasteiger partial charge on any atom is 0.148 e. The third-order valence-electron chi connectivity index (χ3n) is 6.10. The quantitative estimate of drug-likeness (QED) is 0.490. The molecule has 1 fully saturated rings. The molecule has 0 spiro atoms. The molecular formula is C27H31N3O3. The summed E-state index contributed by atoms with van der Waals surface area (Å²) in [5.41, 5.74) is 2.81. The van der Waals surface area contributed by atoms with Crippen LogP contribution in [0.1, 0.15) is 57.7 Å². The maximum atomic E-state index is 9.41. The lowest BCUT2D eigenvalue weighted by atomic mass is 9.79. The minimum absolute atomic E-state index is 0.238. The van der Waals surface area contributed by atoms with E-state index in [0.717, 1.165) is 41.4 Å². The van der Waals surface area contributed by atoms with Gasteiger partial charge in [0.25, 0.3) is 0 Å². The minimum atomic E-state index is -0.238. The second-order valence-corrected chi connectivity index (χ2v) is 9.78. The highest BCUT2D eigenvalue weighted by atomic mass is 16.5. The summed E-state index contributed by atoms with van der Waals surface area (Å²) in [5.74, 6) is 2.32. The van der Waals surface area contributed by atoms with Gasteiger partial charge in [-0.3, -0.25) is 4.57 Å². The first-order valence-corrected chi connectivity index (χ1v) is 11.2. The van der Waals surface area contributed by atoms with E-state index >= 15 is 0 Å². The van der Waals surface area contributed by atoms with Crippen LogP contribution in [-0.2, 0) is 4.74 Å². The van der Waals surface area contributed by atoms with Gasteiger partial charge in [0, 0.05) is 18.2 Å². The Labute approximate surface area is 195 Å². The SMILES string of the molecule is COc1cc(-n2cc(C3CC(C)(C)OC(C)(C)C3)nc2-c2ccccc2OC)ccc1C#N. The Morgan fingerprint density at radius 3 is 2.30 bits per heavy atom. The topological polar surface area (TPSA) is 69.3 Å². The molecule has 1 saturated heterocycles. The molecule has 0 saturated carbocycles. The Morgan fingerprint density at radius 2 is 1.67 bits per heavy atom. The van der Waals surface area contributed by atoms with Crippen molar-refractivity contribution in [1.82, 2.24) is 9.55 Å². The van der Waals surface area contributed by atoms with Crippen LogP contribution >= 0.6 is 0 Å². The summed E-state index contributed by atoms with van der Waals surface area (Å²) < 4.78 is 19.5. The highest BCUT2D eigenvalue weighted by Crippen LogP contribution is 2.44. The van der Waals surface area contributed by atoms with Crippen LogP contribution < -0.4 is 9.47 Å². The number of rotatable bonds is 5. The third-order valence-corrected chi connectivity index (χ3v) is 6.10. The number of imidazole rings is 1. The first-order valence-electron chi connectivity index (χ1n) is 11.2. The van der Waals surface area contributed by atoms with Crippen molar-refractivity contribution in [2.75, 3.05) is 14.2 Å². The average molecular weight is 446 g/mol. The summed E-state index contributed by atoms with van der Waals surface area (Å²) >= 11 is 0. The number of nitriles is 1. The monoisotopic (exact) mass is 445 g/mol. The molecule has 0 bridgehead atoms. The number of ether oxygens (including phenoxy) is 3. The highest BCUT2D eigenvalue weighted by Gasteiger charge is 2.41. The van der Waals surface area contributed by atoms with Crippen molar-refractivity contribution < 1.29 is 14.2 Å². The van der Waals surface area contributed by atoms with Gasteiger partial charge in [0.1, 0.15) is 23.4 Å². The molecule has 4 rings (SSSR count). The Hall–Kier alpha value is -3.30. The van der Waals surface area contributed by atoms with E-state index in [9.17, 15) is 5.26 Å². The van der Waals surface area contributed by atoms with Gasteiger partial charge in [-0.2, -0.15) is 5.26 Å². The molecule has 1 aliphatic rings. The molecule has 0 radical (unpaired) electrons. The largest absolute Gasteiger partial charge is 0.496 e. The van der Waals surface area contributed by atoms with Crippen molar-refractivity contribution >= 4 is 0 Å². The number of aromatic nitrogens is 2. The van der Waals surface area contributed by atoms with Crippen LogP contribution in [0.4, 0.5) is 0 Å². The van der Waals surface area contributed by atoms with E-state index in [1.165, 1.54) is 0 Å². The van der Waals surface area contributed by atoms with Crippen LogP contribution in [0.15, 0.2) is 48.7 Å². The molecule has 3 aromatic rings. The van der Waals surface area contributed by atoms with Crippen molar-refractivity contribution in [3.63, 3.8) is 0 Å². The lowest BCUT2D eigenvalue weighted by molar-refractivity contribution is -0.162. The van der Waals surface area contributed by atoms with E-state index in [0.29, 0.717) is 11.3 Å². The first-order chi connectivity index (χ1) is 15.7. The molecule has 1 aliphatic heterocycles. The van der Waals surface area contributed by atoms with Crippen molar-refractivity contribution in [3.8, 4) is 34.6 Å². The Bertz CT molecular complexity index is 1190. The van der Waals surface area contributed by atoms with Crippen molar-refractivity contribution in [3.05, 3.63) is 59.9 Å². The van der Waals surface area contributed by atoms with Crippen molar-refractivity contribution in [1.29, 1.82) is 5.26 Å². The average Bonchev–Trinajstić information content (AvgIpc) is 3.22. The highest BCUT2D eigenvalue weighted by molar-refractivity contribution is 5.67. The number of hydrogen-bond donors (Lipinski definition) is 0. The molecular weight excluding hydrogens is 414 g/mol. The lowest BCUT2D eigenvalue weighted by Crippen LogP contribution is -2.44. The molecule has 0 amide bonds. The smallest absolute Gasteiger partial charge is 0.148 e. The summed E-state index contributed by atoms with van der Waals surface area (Å²) in [7, 11) is 3.24. The molecule has 6 heteroatoms. The molecule has 33 heavy (non-hydrogen) atoms. The Kier molecular flexibility index (Phi) is 5.94. The van der Waals surface area contributed by atoms with E-state index in [1.807, 2.05) is 36.4 Å². The number of para-hydroxylation sites is 1. The number of benzene rings is 2. The van der Waals surface area contributed by atoms with Crippen LogP contribution in [0.3, 0.4) is 0 Å². The van der Waals surface area contributed by atoms with Gasteiger partial charge in [0.15, 0.2) is 0 Å². The Balaban J connectivity index is 1.89. The maximum absolute atomic E-state index is 9.41. The van der Waals surface area contributed by atoms with Crippen LogP contribution in [-0.4, -0.2) is 35.0 Å². The van der Waals surface area contributed by atoms with E-state index < -0.39 is 0 Å². The number of nitrogens with zero attached hydrogens (tertiary/aromatic N) is 3. The predicted octanol–water partition coefficient (Wildman–Crippen LogP) is 5.88. The lowest BCUT2D eigenvalue weighted by Gasteiger charge is -2.45. The zero-order valence-corrected chi connectivity index (χ0v) is 20.2. The third kappa shape index (κ3) is 4.60. The fourth-order valence-corrected chi connectivity index (χ4v) is 5.03.